The van der Waals surface area contributed by atoms with E-state index in [2.05, 4.69) is 16.8 Å². The summed E-state index contributed by atoms with van der Waals surface area (Å²) < 4.78 is 0. The van der Waals surface area contributed by atoms with Crippen molar-refractivity contribution in [2.75, 3.05) is 20.6 Å². The SMILES string of the molecule is CCCc1nc(CCN(C)C)sc1C(=N)N. The lowest BCUT2D eigenvalue weighted by Crippen LogP contribution is -2.14. The fourth-order valence-electron chi connectivity index (χ4n) is 1.44. The standard InChI is InChI=1S/C11H20N4S/c1-4-5-8-10(11(12)13)16-9(14-8)6-7-15(2)3/h4-7H2,1-3H3,(H3,12,13). The highest BCUT2D eigenvalue weighted by molar-refractivity contribution is 7.13. The first-order valence-electron chi connectivity index (χ1n) is 5.52. The van der Waals surface area contributed by atoms with Gasteiger partial charge in [-0.25, -0.2) is 4.98 Å². The molecule has 5 heteroatoms. The van der Waals surface area contributed by atoms with Crippen LogP contribution in [0.25, 0.3) is 0 Å². The number of nitrogens with two attached hydrogens (primary N) is 1. The van der Waals surface area contributed by atoms with Crippen LogP contribution >= 0.6 is 11.3 Å². The number of aromatic nitrogens is 1. The molecule has 0 aromatic carbocycles. The highest BCUT2D eigenvalue weighted by atomic mass is 32.1. The van der Waals surface area contributed by atoms with E-state index in [4.69, 9.17) is 11.1 Å². The van der Waals surface area contributed by atoms with Gasteiger partial charge in [0.15, 0.2) is 0 Å². The third kappa shape index (κ3) is 3.57. The average Bonchev–Trinajstić information content (AvgIpc) is 2.59. The molecule has 90 valence electrons. The Bertz CT molecular complexity index is 357. The number of hydrogen-bond donors (Lipinski definition) is 2. The van der Waals surface area contributed by atoms with Crippen molar-refractivity contribution in [1.82, 2.24) is 9.88 Å². The topological polar surface area (TPSA) is 66.0 Å². The molecule has 1 heterocycles. The molecular weight excluding hydrogens is 220 g/mol. The Morgan fingerprint density at radius 1 is 1.44 bits per heavy atom. The molecule has 0 atom stereocenters. The zero-order valence-corrected chi connectivity index (χ0v) is 11.0. The molecule has 0 fully saturated rings. The van der Waals surface area contributed by atoms with Gasteiger partial charge in [0.1, 0.15) is 5.84 Å². The van der Waals surface area contributed by atoms with Crippen molar-refractivity contribution >= 4 is 17.2 Å². The van der Waals surface area contributed by atoms with Gasteiger partial charge in [-0.15, -0.1) is 11.3 Å². The van der Waals surface area contributed by atoms with Gasteiger partial charge in [-0.1, -0.05) is 13.3 Å². The van der Waals surface area contributed by atoms with Crippen molar-refractivity contribution in [3.8, 4) is 0 Å². The molecule has 0 aliphatic carbocycles. The fraction of sp³-hybridized carbons (Fsp3) is 0.636. The van der Waals surface area contributed by atoms with Crippen LogP contribution in [0.3, 0.4) is 0 Å². The van der Waals surface area contributed by atoms with E-state index in [1.165, 1.54) is 0 Å². The monoisotopic (exact) mass is 240 g/mol. The highest BCUT2D eigenvalue weighted by Crippen LogP contribution is 2.20. The molecule has 0 spiro atoms. The maximum atomic E-state index is 7.52. The molecule has 0 aliphatic heterocycles. The van der Waals surface area contributed by atoms with Crippen molar-refractivity contribution in [3.63, 3.8) is 0 Å². The molecule has 0 unspecified atom stereocenters. The maximum Gasteiger partial charge on any atom is 0.135 e. The van der Waals surface area contributed by atoms with E-state index < -0.39 is 0 Å². The van der Waals surface area contributed by atoms with Crippen molar-refractivity contribution in [2.24, 2.45) is 5.73 Å². The number of nitrogen functional groups attached to an aromatic ring is 1. The second-order valence-corrected chi connectivity index (χ2v) is 5.18. The number of amidine groups is 1. The van der Waals surface area contributed by atoms with E-state index in [9.17, 15) is 0 Å². The first-order chi connectivity index (χ1) is 7.54. The van der Waals surface area contributed by atoms with Crippen LogP contribution in [0.1, 0.15) is 28.9 Å². The van der Waals surface area contributed by atoms with Gasteiger partial charge >= 0.3 is 0 Å². The number of nitrogens with zero attached hydrogens (tertiary/aromatic N) is 2. The highest BCUT2D eigenvalue weighted by Gasteiger charge is 2.12. The largest absolute Gasteiger partial charge is 0.383 e. The van der Waals surface area contributed by atoms with Gasteiger partial charge in [0.25, 0.3) is 0 Å². The average molecular weight is 240 g/mol. The molecule has 4 nitrogen and oxygen atoms in total. The number of aryl methyl sites for hydroxylation is 1. The molecule has 1 aromatic heterocycles. The minimum absolute atomic E-state index is 0.150. The van der Waals surface area contributed by atoms with Crippen LogP contribution < -0.4 is 5.73 Å². The van der Waals surface area contributed by atoms with E-state index in [-0.39, 0.29) is 5.84 Å². The quantitative estimate of drug-likeness (QED) is 0.585. The van der Waals surface area contributed by atoms with E-state index >= 15 is 0 Å². The molecule has 1 aromatic rings. The number of hydrogen-bond acceptors (Lipinski definition) is 4. The number of likely N-dealkylation sites (N-methyl/N-ethyl adjacent to an activating group) is 1. The molecule has 0 radical (unpaired) electrons. The summed E-state index contributed by atoms with van der Waals surface area (Å²) in [4.78, 5) is 7.55. The van der Waals surface area contributed by atoms with Gasteiger partial charge in [-0.2, -0.15) is 0 Å². The zero-order valence-electron chi connectivity index (χ0n) is 10.2. The summed E-state index contributed by atoms with van der Waals surface area (Å²) in [6, 6.07) is 0. The first kappa shape index (κ1) is 13.1. The Hall–Kier alpha value is -0.940. The Morgan fingerprint density at radius 2 is 2.12 bits per heavy atom. The second-order valence-electron chi connectivity index (χ2n) is 4.10. The summed E-state index contributed by atoms with van der Waals surface area (Å²) in [7, 11) is 4.10. The third-order valence-electron chi connectivity index (χ3n) is 2.25. The summed E-state index contributed by atoms with van der Waals surface area (Å²) in [6.07, 6.45) is 2.88. The van der Waals surface area contributed by atoms with Crippen molar-refractivity contribution in [2.45, 2.75) is 26.2 Å². The summed E-state index contributed by atoms with van der Waals surface area (Å²) in [5, 5.41) is 8.61. The molecular formula is C11H20N4S. The minimum atomic E-state index is 0.150. The lowest BCUT2D eigenvalue weighted by molar-refractivity contribution is 0.413. The predicted molar refractivity (Wildman–Crippen MR) is 69.4 cm³/mol. The van der Waals surface area contributed by atoms with Crippen molar-refractivity contribution in [1.29, 1.82) is 5.41 Å². The lowest BCUT2D eigenvalue weighted by atomic mass is 10.2. The second kappa shape index (κ2) is 5.96. The van der Waals surface area contributed by atoms with Gasteiger partial charge in [-0.3, -0.25) is 5.41 Å². The Morgan fingerprint density at radius 3 is 2.62 bits per heavy atom. The van der Waals surface area contributed by atoms with Gasteiger partial charge in [0.05, 0.1) is 15.6 Å². The summed E-state index contributed by atoms with van der Waals surface area (Å²) >= 11 is 1.56. The van der Waals surface area contributed by atoms with Gasteiger partial charge < -0.3 is 10.6 Å². The van der Waals surface area contributed by atoms with Crippen LogP contribution in [0.5, 0.6) is 0 Å². The fourth-order valence-corrected chi connectivity index (χ4v) is 2.40. The summed E-state index contributed by atoms with van der Waals surface area (Å²) in [6.45, 7) is 3.10. The van der Waals surface area contributed by atoms with Gasteiger partial charge in [0, 0.05) is 13.0 Å². The Balaban J connectivity index is 2.79. The van der Waals surface area contributed by atoms with Crippen LogP contribution in [-0.2, 0) is 12.8 Å². The van der Waals surface area contributed by atoms with Gasteiger partial charge in [-0.05, 0) is 20.5 Å². The maximum absolute atomic E-state index is 7.52. The Kier molecular flexibility index (Phi) is 4.89. The Labute approximate surface area is 101 Å². The summed E-state index contributed by atoms with van der Waals surface area (Å²) in [5.41, 5.74) is 6.55. The molecule has 16 heavy (non-hydrogen) atoms. The van der Waals surface area contributed by atoms with Crippen molar-refractivity contribution in [3.05, 3.63) is 15.6 Å². The summed E-state index contributed by atoms with van der Waals surface area (Å²) in [5.74, 6) is 0.150. The number of rotatable bonds is 6. The van der Waals surface area contributed by atoms with Crippen LogP contribution in [0, 0.1) is 5.41 Å². The molecule has 0 saturated heterocycles. The molecule has 0 saturated carbocycles. The molecule has 0 aliphatic rings. The molecule has 3 N–H and O–H groups in total. The molecule has 0 bridgehead atoms. The van der Waals surface area contributed by atoms with Gasteiger partial charge in [0.2, 0.25) is 0 Å². The predicted octanol–water partition coefficient (Wildman–Crippen LogP) is 1.48. The molecule has 0 amide bonds. The van der Waals surface area contributed by atoms with Crippen molar-refractivity contribution < 1.29 is 0 Å². The zero-order chi connectivity index (χ0) is 12.1. The third-order valence-corrected chi connectivity index (χ3v) is 3.44. The number of thiazole rings is 1. The molecule has 1 rings (SSSR count). The first-order valence-corrected chi connectivity index (χ1v) is 6.34. The van der Waals surface area contributed by atoms with E-state index in [0.717, 1.165) is 41.4 Å². The van der Waals surface area contributed by atoms with Crippen LogP contribution in [-0.4, -0.2) is 36.4 Å². The van der Waals surface area contributed by atoms with Crippen LogP contribution in [0.4, 0.5) is 0 Å². The minimum Gasteiger partial charge on any atom is -0.383 e. The van der Waals surface area contributed by atoms with E-state index in [1.807, 2.05) is 14.1 Å². The number of nitrogens with one attached hydrogen (secondary N) is 1. The van der Waals surface area contributed by atoms with Crippen LogP contribution in [0.2, 0.25) is 0 Å². The van der Waals surface area contributed by atoms with E-state index in [1.54, 1.807) is 11.3 Å². The van der Waals surface area contributed by atoms with E-state index in [0.29, 0.717) is 0 Å². The normalized spacial score (nSPS) is 11.0. The lowest BCUT2D eigenvalue weighted by Gasteiger charge is -2.06. The van der Waals surface area contributed by atoms with Crippen LogP contribution in [0.15, 0.2) is 0 Å². The smallest absolute Gasteiger partial charge is 0.135 e.